The molecule has 0 bridgehead atoms. The number of ether oxygens (including phenoxy) is 1. The average molecular weight is 233 g/mol. The summed E-state index contributed by atoms with van der Waals surface area (Å²) in [6.07, 6.45) is 1.70. The Kier molecular flexibility index (Phi) is 3.36. The van der Waals surface area contributed by atoms with Gasteiger partial charge in [-0.3, -0.25) is 0 Å². The summed E-state index contributed by atoms with van der Waals surface area (Å²) in [4.78, 5) is 12.0. The van der Waals surface area contributed by atoms with Crippen molar-refractivity contribution in [3.05, 3.63) is 30.3 Å². The maximum atomic E-state index is 12.0. The number of esters is 1. The number of hydrogen-bond acceptors (Lipinski definition) is 3. The fourth-order valence-electron chi connectivity index (χ4n) is 2.52. The van der Waals surface area contributed by atoms with Crippen LogP contribution in [0.1, 0.15) is 26.7 Å². The van der Waals surface area contributed by atoms with Crippen LogP contribution in [0.15, 0.2) is 30.3 Å². The SMILES string of the molecule is CCOC(=O)C1(Nc2ccccc2)CC(C)C1. The van der Waals surface area contributed by atoms with Gasteiger partial charge in [0.15, 0.2) is 0 Å². The lowest BCUT2D eigenvalue weighted by molar-refractivity contribution is -0.153. The van der Waals surface area contributed by atoms with Crippen molar-refractivity contribution in [3.8, 4) is 0 Å². The van der Waals surface area contributed by atoms with E-state index in [1.807, 2.05) is 37.3 Å². The molecule has 0 radical (unpaired) electrons. The minimum atomic E-state index is -0.503. The molecule has 1 aromatic carbocycles. The zero-order valence-corrected chi connectivity index (χ0v) is 10.4. The zero-order valence-electron chi connectivity index (χ0n) is 10.4. The largest absolute Gasteiger partial charge is 0.464 e. The van der Waals surface area contributed by atoms with Crippen LogP contribution in [0.2, 0.25) is 0 Å². The highest BCUT2D eigenvalue weighted by atomic mass is 16.5. The average Bonchev–Trinajstić information content (AvgIpc) is 2.28. The predicted octanol–water partition coefficient (Wildman–Crippen LogP) is 2.83. The third-order valence-electron chi connectivity index (χ3n) is 3.22. The lowest BCUT2D eigenvalue weighted by Crippen LogP contribution is -2.56. The molecule has 3 heteroatoms. The first-order valence-corrected chi connectivity index (χ1v) is 6.17. The lowest BCUT2D eigenvalue weighted by Gasteiger charge is -2.45. The highest BCUT2D eigenvalue weighted by Crippen LogP contribution is 2.41. The minimum Gasteiger partial charge on any atom is -0.464 e. The third-order valence-corrected chi connectivity index (χ3v) is 3.22. The van der Waals surface area contributed by atoms with Crippen molar-refractivity contribution in [3.63, 3.8) is 0 Å². The van der Waals surface area contributed by atoms with Gasteiger partial charge in [0.2, 0.25) is 0 Å². The van der Waals surface area contributed by atoms with Gasteiger partial charge in [-0.25, -0.2) is 4.79 Å². The van der Waals surface area contributed by atoms with Crippen LogP contribution in [0.4, 0.5) is 5.69 Å². The first-order valence-electron chi connectivity index (χ1n) is 6.17. The molecule has 1 fully saturated rings. The van der Waals surface area contributed by atoms with Gasteiger partial charge in [0.25, 0.3) is 0 Å². The molecule has 1 saturated carbocycles. The van der Waals surface area contributed by atoms with E-state index in [0.29, 0.717) is 12.5 Å². The molecule has 1 aromatic rings. The van der Waals surface area contributed by atoms with E-state index in [1.165, 1.54) is 0 Å². The number of anilines is 1. The number of carbonyl (C=O) groups excluding carboxylic acids is 1. The fraction of sp³-hybridized carbons (Fsp3) is 0.500. The molecule has 0 saturated heterocycles. The summed E-state index contributed by atoms with van der Waals surface area (Å²) in [5.74, 6) is 0.456. The smallest absolute Gasteiger partial charge is 0.331 e. The Labute approximate surface area is 102 Å². The highest BCUT2D eigenvalue weighted by molar-refractivity contribution is 5.86. The van der Waals surface area contributed by atoms with Crippen LogP contribution in [0.25, 0.3) is 0 Å². The van der Waals surface area contributed by atoms with Crippen molar-refractivity contribution in [2.45, 2.75) is 32.2 Å². The molecule has 1 aliphatic carbocycles. The van der Waals surface area contributed by atoms with E-state index >= 15 is 0 Å². The number of rotatable bonds is 4. The van der Waals surface area contributed by atoms with Crippen LogP contribution in [0.3, 0.4) is 0 Å². The van der Waals surface area contributed by atoms with Crippen LogP contribution in [-0.4, -0.2) is 18.1 Å². The summed E-state index contributed by atoms with van der Waals surface area (Å²) >= 11 is 0. The Balaban J connectivity index is 2.10. The fourth-order valence-corrected chi connectivity index (χ4v) is 2.52. The lowest BCUT2D eigenvalue weighted by atomic mass is 9.69. The molecule has 0 heterocycles. The molecule has 0 aliphatic heterocycles. The summed E-state index contributed by atoms with van der Waals surface area (Å²) in [5, 5.41) is 3.33. The molecule has 0 spiro atoms. The maximum absolute atomic E-state index is 12.0. The molecule has 0 atom stereocenters. The standard InChI is InChI=1S/C14H19NO2/c1-3-17-13(16)14(9-11(2)10-14)15-12-7-5-4-6-8-12/h4-8,11,15H,3,9-10H2,1-2H3. The van der Waals surface area contributed by atoms with E-state index in [1.54, 1.807) is 0 Å². The second-order valence-corrected chi connectivity index (χ2v) is 4.81. The molecule has 17 heavy (non-hydrogen) atoms. The van der Waals surface area contributed by atoms with Gasteiger partial charge < -0.3 is 10.1 Å². The van der Waals surface area contributed by atoms with E-state index < -0.39 is 5.54 Å². The molecular formula is C14H19NO2. The van der Waals surface area contributed by atoms with Crippen molar-refractivity contribution < 1.29 is 9.53 Å². The van der Waals surface area contributed by atoms with Crippen molar-refractivity contribution >= 4 is 11.7 Å². The number of benzene rings is 1. The third kappa shape index (κ3) is 2.43. The van der Waals surface area contributed by atoms with E-state index in [2.05, 4.69) is 12.2 Å². The normalized spacial score (nSPS) is 27.1. The molecule has 2 rings (SSSR count). The van der Waals surface area contributed by atoms with Gasteiger partial charge in [-0.2, -0.15) is 0 Å². The van der Waals surface area contributed by atoms with Crippen LogP contribution < -0.4 is 5.32 Å². The summed E-state index contributed by atoms with van der Waals surface area (Å²) in [5.41, 5.74) is 0.476. The van der Waals surface area contributed by atoms with Gasteiger partial charge in [0, 0.05) is 5.69 Å². The second kappa shape index (κ2) is 4.78. The van der Waals surface area contributed by atoms with Crippen molar-refractivity contribution in [2.75, 3.05) is 11.9 Å². The molecule has 3 nitrogen and oxygen atoms in total. The van der Waals surface area contributed by atoms with Crippen molar-refractivity contribution in [2.24, 2.45) is 5.92 Å². The topological polar surface area (TPSA) is 38.3 Å². The van der Waals surface area contributed by atoms with E-state index in [-0.39, 0.29) is 5.97 Å². The quantitative estimate of drug-likeness (QED) is 0.813. The summed E-state index contributed by atoms with van der Waals surface area (Å²) in [6, 6.07) is 9.84. The molecule has 0 amide bonds. The van der Waals surface area contributed by atoms with E-state index in [0.717, 1.165) is 18.5 Å². The molecule has 0 unspecified atom stereocenters. The monoisotopic (exact) mass is 233 g/mol. The van der Waals surface area contributed by atoms with E-state index in [4.69, 9.17) is 4.74 Å². The van der Waals surface area contributed by atoms with E-state index in [9.17, 15) is 4.79 Å². The van der Waals surface area contributed by atoms with Gasteiger partial charge in [0.05, 0.1) is 6.61 Å². The van der Waals surface area contributed by atoms with Gasteiger partial charge in [-0.15, -0.1) is 0 Å². The van der Waals surface area contributed by atoms with Crippen molar-refractivity contribution in [1.82, 2.24) is 0 Å². The Morgan fingerprint density at radius 2 is 2.06 bits per heavy atom. The van der Waals surface area contributed by atoms with Gasteiger partial charge in [-0.1, -0.05) is 25.1 Å². The number of carbonyl (C=O) groups is 1. The van der Waals surface area contributed by atoms with Crippen LogP contribution in [-0.2, 0) is 9.53 Å². The molecule has 0 aromatic heterocycles. The molecule has 1 aliphatic rings. The molecule has 92 valence electrons. The summed E-state index contributed by atoms with van der Waals surface area (Å²) in [6.45, 7) is 4.44. The number of para-hydroxylation sites is 1. The zero-order chi connectivity index (χ0) is 12.3. The molecular weight excluding hydrogens is 214 g/mol. The summed E-state index contributed by atoms with van der Waals surface area (Å²) < 4.78 is 5.17. The van der Waals surface area contributed by atoms with Crippen molar-refractivity contribution in [1.29, 1.82) is 0 Å². The Morgan fingerprint density at radius 3 is 2.59 bits per heavy atom. The number of hydrogen-bond donors (Lipinski definition) is 1. The Morgan fingerprint density at radius 1 is 1.41 bits per heavy atom. The Hall–Kier alpha value is -1.51. The first-order chi connectivity index (χ1) is 8.16. The van der Waals surface area contributed by atoms with Gasteiger partial charge in [0.1, 0.15) is 5.54 Å². The van der Waals surface area contributed by atoms with Crippen LogP contribution in [0.5, 0.6) is 0 Å². The maximum Gasteiger partial charge on any atom is 0.331 e. The highest BCUT2D eigenvalue weighted by Gasteiger charge is 2.49. The second-order valence-electron chi connectivity index (χ2n) is 4.81. The predicted molar refractivity (Wildman–Crippen MR) is 67.8 cm³/mol. The van der Waals surface area contributed by atoms with Gasteiger partial charge in [-0.05, 0) is 37.8 Å². The van der Waals surface area contributed by atoms with Gasteiger partial charge >= 0.3 is 5.97 Å². The first kappa shape index (κ1) is 12.0. The Bertz CT molecular complexity index is 382. The molecule has 1 N–H and O–H groups in total. The number of nitrogens with one attached hydrogen (secondary N) is 1. The minimum absolute atomic E-state index is 0.123. The summed E-state index contributed by atoms with van der Waals surface area (Å²) in [7, 11) is 0. The van der Waals surface area contributed by atoms with Crippen LogP contribution in [0, 0.1) is 5.92 Å². The van der Waals surface area contributed by atoms with Crippen LogP contribution >= 0.6 is 0 Å².